The maximum Gasteiger partial charge on any atom is 0.128 e. The molecule has 0 spiro atoms. The summed E-state index contributed by atoms with van der Waals surface area (Å²) in [5, 5.41) is 6.30. The highest BCUT2D eigenvalue weighted by Crippen LogP contribution is 2.24. The fourth-order valence-electron chi connectivity index (χ4n) is 1.82. The van der Waals surface area contributed by atoms with Crippen molar-refractivity contribution < 1.29 is 4.39 Å². The summed E-state index contributed by atoms with van der Waals surface area (Å²) in [6.07, 6.45) is 3.75. The van der Waals surface area contributed by atoms with Crippen molar-refractivity contribution in [1.82, 2.24) is 9.78 Å². The van der Waals surface area contributed by atoms with Crippen molar-refractivity contribution in [1.29, 1.82) is 0 Å². The number of nitrogens with zero attached hydrogens (tertiary/aromatic N) is 2. The Morgan fingerprint density at radius 1 is 1.17 bits per heavy atom. The smallest absolute Gasteiger partial charge is 0.128 e. The third-order valence-corrected chi connectivity index (χ3v) is 3.65. The van der Waals surface area contributed by atoms with E-state index in [9.17, 15) is 4.39 Å². The van der Waals surface area contributed by atoms with Crippen molar-refractivity contribution in [2.45, 2.75) is 6.54 Å². The third kappa shape index (κ3) is 2.19. The van der Waals surface area contributed by atoms with Crippen molar-refractivity contribution in [3.8, 4) is 10.4 Å². The Morgan fingerprint density at radius 2 is 2.06 bits per heavy atom. The van der Waals surface area contributed by atoms with Gasteiger partial charge in [0.05, 0.1) is 12.7 Å². The quantitative estimate of drug-likeness (QED) is 0.698. The molecule has 0 bridgehead atoms. The molecule has 0 saturated heterocycles. The van der Waals surface area contributed by atoms with Gasteiger partial charge in [0.15, 0.2) is 0 Å². The van der Waals surface area contributed by atoms with Gasteiger partial charge in [0, 0.05) is 22.2 Å². The monoisotopic (exact) mass is 258 g/mol. The van der Waals surface area contributed by atoms with Gasteiger partial charge in [-0.25, -0.2) is 4.39 Å². The molecule has 0 atom stereocenters. The number of hydrogen-bond donors (Lipinski definition) is 0. The highest BCUT2D eigenvalue weighted by Gasteiger charge is 2.05. The van der Waals surface area contributed by atoms with Crippen LogP contribution in [0.2, 0.25) is 0 Å². The molecule has 90 valence electrons. The van der Waals surface area contributed by atoms with Gasteiger partial charge in [0.25, 0.3) is 0 Å². The molecule has 0 aliphatic heterocycles. The molecule has 2 nitrogen and oxygen atoms in total. The van der Waals surface area contributed by atoms with Crippen LogP contribution in [0.25, 0.3) is 10.4 Å². The van der Waals surface area contributed by atoms with Crippen LogP contribution in [0.3, 0.4) is 0 Å². The van der Waals surface area contributed by atoms with Crippen LogP contribution in [0.5, 0.6) is 0 Å². The van der Waals surface area contributed by atoms with E-state index in [0.717, 1.165) is 5.56 Å². The van der Waals surface area contributed by atoms with Gasteiger partial charge in [0.2, 0.25) is 0 Å². The lowest BCUT2D eigenvalue weighted by molar-refractivity contribution is 0.585. The van der Waals surface area contributed by atoms with Crippen molar-refractivity contribution in [3.05, 3.63) is 65.6 Å². The van der Waals surface area contributed by atoms with Gasteiger partial charge >= 0.3 is 0 Å². The Morgan fingerprint density at radius 3 is 2.83 bits per heavy atom. The van der Waals surface area contributed by atoms with Crippen LogP contribution in [0, 0.1) is 5.82 Å². The molecule has 18 heavy (non-hydrogen) atoms. The summed E-state index contributed by atoms with van der Waals surface area (Å²) < 4.78 is 15.3. The van der Waals surface area contributed by atoms with Crippen LogP contribution < -0.4 is 0 Å². The standard InChI is InChI=1S/C14H11FN2S/c15-13-5-2-1-4-11(13)9-17-10-12(8-16-17)14-6-3-7-18-14/h1-8,10H,9H2. The first-order chi connectivity index (χ1) is 8.83. The first-order valence-corrected chi connectivity index (χ1v) is 6.50. The Bertz CT molecular complexity index is 643. The largest absolute Gasteiger partial charge is 0.268 e. The van der Waals surface area contributed by atoms with Crippen LogP contribution in [0.1, 0.15) is 5.56 Å². The van der Waals surface area contributed by atoms with E-state index in [0.29, 0.717) is 12.1 Å². The lowest BCUT2D eigenvalue weighted by Gasteiger charge is -2.02. The zero-order valence-corrected chi connectivity index (χ0v) is 10.4. The fourth-order valence-corrected chi connectivity index (χ4v) is 2.52. The summed E-state index contributed by atoms with van der Waals surface area (Å²) in [5.74, 6) is -0.189. The molecule has 0 saturated carbocycles. The molecule has 4 heteroatoms. The fraction of sp³-hybridized carbons (Fsp3) is 0.0714. The average Bonchev–Trinajstić information content (AvgIpc) is 3.02. The second-order valence-corrected chi connectivity index (χ2v) is 4.94. The maximum absolute atomic E-state index is 13.5. The summed E-state index contributed by atoms with van der Waals surface area (Å²) in [5.41, 5.74) is 1.72. The van der Waals surface area contributed by atoms with Crippen LogP contribution in [0.15, 0.2) is 54.2 Å². The van der Waals surface area contributed by atoms with Crippen LogP contribution >= 0.6 is 11.3 Å². The second-order valence-electron chi connectivity index (χ2n) is 4.00. The summed E-state index contributed by atoms with van der Waals surface area (Å²) in [4.78, 5) is 1.18. The van der Waals surface area contributed by atoms with E-state index in [1.165, 1.54) is 10.9 Å². The van der Waals surface area contributed by atoms with Gasteiger partial charge in [-0.15, -0.1) is 11.3 Å². The lowest BCUT2D eigenvalue weighted by atomic mass is 10.2. The van der Waals surface area contributed by atoms with Gasteiger partial charge in [-0.2, -0.15) is 5.10 Å². The Kier molecular flexibility index (Phi) is 2.94. The van der Waals surface area contributed by atoms with Gasteiger partial charge in [-0.3, -0.25) is 4.68 Å². The number of rotatable bonds is 3. The zero-order valence-electron chi connectivity index (χ0n) is 9.58. The molecule has 2 aromatic heterocycles. The Labute approximate surface area is 108 Å². The van der Waals surface area contributed by atoms with Crippen LogP contribution in [-0.4, -0.2) is 9.78 Å². The zero-order chi connectivity index (χ0) is 12.4. The Balaban J connectivity index is 1.85. The predicted octanol–water partition coefficient (Wildman–Crippen LogP) is 3.80. The number of thiophene rings is 1. The molecule has 1 aromatic carbocycles. The van der Waals surface area contributed by atoms with Crippen molar-refractivity contribution in [2.75, 3.05) is 0 Å². The highest BCUT2D eigenvalue weighted by molar-refractivity contribution is 7.13. The molecule has 0 aliphatic rings. The van der Waals surface area contributed by atoms with Gasteiger partial charge in [0.1, 0.15) is 5.82 Å². The molecule has 0 N–H and O–H groups in total. The molecule has 0 aliphatic carbocycles. The van der Waals surface area contributed by atoms with E-state index in [2.05, 4.69) is 11.2 Å². The normalized spacial score (nSPS) is 10.7. The predicted molar refractivity (Wildman–Crippen MR) is 71.0 cm³/mol. The van der Waals surface area contributed by atoms with Gasteiger partial charge in [-0.05, 0) is 17.5 Å². The summed E-state index contributed by atoms with van der Waals surface area (Å²) in [6.45, 7) is 0.456. The second kappa shape index (κ2) is 4.74. The minimum atomic E-state index is -0.189. The van der Waals surface area contributed by atoms with E-state index in [4.69, 9.17) is 0 Å². The number of benzene rings is 1. The topological polar surface area (TPSA) is 17.8 Å². The molecule has 3 rings (SSSR count). The van der Waals surface area contributed by atoms with E-state index in [-0.39, 0.29) is 5.82 Å². The van der Waals surface area contributed by atoms with Crippen LogP contribution in [0.4, 0.5) is 4.39 Å². The Hall–Kier alpha value is -1.94. The highest BCUT2D eigenvalue weighted by atomic mass is 32.1. The van der Waals surface area contributed by atoms with E-state index in [1.807, 2.05) is 29.9 Å². The summed E-state index contributed by atoms with van der Waals surface area (Å²) >= 11 is 1.67. The first kappa shape index (κ1) is 11.2. The molecule has 0 fully saturated rings. The molecule has 0 unspecified atom stereocenters. The minimum absolute atomic E-state index is 0.189. The summed E-state index contributed by atoms with van der Waals surface area (Å²) in [6, 6.07) is 10.8. The maximum atomic E-state index is 13.5. The molecule has 2 heterocycles. The van der Waals surface area contributed by atoms with Gasteiger partial charge in [-0.1, -0.05) is 24.3 Å². The number of halogens is 1. The van der Waals surface area contributed by atoms with Crippen molar-refractivity contribution >= 4 is 11.3 Å². The summed E-state index contributed by atoms with van der Waals surface area (Å²) in [7, 11) is 0. The van der Waals surface area contributed by atoms with E-state index >= 15 is 0 Å². The molecule has 3 aromatic rings. The number of aromatic nitrogens is 2. The van der Waals surface area contributed by atoms with Crippen LogP contribution in [-0.2, 0) is 6.54 Å². The molecule has 0 amide bonds. The molecular formula is C14H11FN2S. The SMILES string of the molecule is Fc1ccccc1Cn1cc(-c2cccs2)cn1. The lowest BCUT2D eigenvalue weighted by Crippen LogP contribution is -2.01. The molecule has 0 radical (unpaired) electrons. The van der Waals surface area contributed by atoms with Crippen molar-refractivity contribution in [3.63, 3.8) is 0 Å². The number of hydrogen-bond acceptors (Lipinski definition) is 2. The van der Waals surface area contributed by atoms with E-state index in [1.54, 1.807) is 28.2 Å². The minimum Gasteiger partial charge on any atom is -0.268 e. The average molecular weight is 258 g/mol. The van der Waals surface area contributed by atoms with Gasteiger partial charge < -0.3 is 0 Å². The first-order valence-electron chi connectivity index (χ1n) is 5.63. The van der Waals surface area contributed by atoms with E-state index < -0.39 is 0 Å². The molecular weight excluding hydrogens is 247 g/mol. The van der Waals surface area contributed by atoms with Crippen molar-refractivity contribution in [2.24, 2.45) is 0 Å². The third-order valence-electron chi connectivity index (χ3n) is 2.73.